The molecule has 0 aliphatic heterocycles. The van der Waals surface area contributed by atoms with Gasteiger partial charge in [0.05, 0.1) is 0 Å². The van der Waals surface area contributed by atoms with Gasteiger partial charge in [0.25, 0.3) is 0 Å². The van der Waals surface area contributed by atoms with Gasteiger partial charge in [0, 0.05) is 18.4 Å². The first-order valence-electron chi connectivity index (χ1n) is 6.03. The van der Waals surface area contributed by atoms with Crippen molar-refractivity contribution in [2.45, 2.75) is 19.4 Å². The second kappa shape index (κ2) is 6.16. The van der Waals surface area contributed by atoms with Gasteiger partial charge in [-0.3, -0.25) is 4.98 Å². The van der Waals surface area contributed by atoms with Crippen molar-refractivity contribution in [3.63, 3.8) is 0 Å². The van der Waals surface area contributed by atoms with Crippen LogP contribution in [0.2, 0.25) is 0 Å². The van der Waals surface area contributed by atoms with Crippen molar-refractivity contribution in [2.75, 3.05) is 6.54 Å². The lowest BCUT2D eigenvalue weighted by molar-refractivity contribution is 0.576. The summed E-state index contributed by atoms with van der Waals surface area (Å²) >= 11 is 0. The number of nitrogens with zero attached hydrogens (tertiary/aromatic N) is 1. The third kappa shape index (κ3) is 3.68. The molecule has 88 valence electrons. The van der Waals surface area contributed by atoms with Gasteiger partial charge < -0.3 is 5.32 Å². The van der Waals surface area contributed by atoms with Gasteiger partial charge in [-0.05, 0) is 43.1 Å². The van der Waals surface area contributed by atoms with E-state index in [-0.39, 0.29) is 0 Å². The zero-order chi connectivity index (χ0) is 11.9. The first-order valence-corrected chi connectivity index (χ1v) is 6.03. The van der Waals surface area contributed by atoms with Gasteiger partial charge in [-0.1, -0.05) is 30.3 Å². The quantitative estimate of drug-likeness (QED) is 0.847. The average molecular weight is 226 g/mol. The van der Waals surface area contributed by atoms with Gasteiger partial charge in [0.1, 0.15) is 0 Å². The monoisotopic (exact) mass is 226 g/mol. The Morgan fingerprint density at radius 3 is 2.47 bits per heavy atom. The largest absolute Gasteiger partial charge is 0.310 e. The highest BCUT2D eigenvalue weighted by atomic mass is 14.9. The van der Waals surface area contributed by atoms with E-state index in [0.29, 0.717) is 6.04 Å². The van der Waals surface area contributed by atoms with E-state index in [4.69, 9.17) is 0 Å². The van der Waals surface area contributed by atoms with E-state index in [9.17, 15) is 0 Å². The summed E-state index contributed by atoms with van der Waals surface area (Å²) in [6.07, 6.45) is 4.74. The fourth-order valence-electron chi connectivity index (χ4n) is 1.85. The molecule has 2 aromatic rings. The lowest BCUT2D eigenvalue weighted by atomic mass is 10.1. The van der Waals surface area contributed by atoms with Crippen molar-refractivity contribution in [3.05, 3.63) is 66.0 Å². The lowest BCUT2D eigenvalue weighted by Gasteiger charge is -2.13. The molecule has 1 aromatic heterocycles. The molecular formula is C15H18N2. The molecule has 0 aliphatic rings. The fraction of sp³-hybridized carbons (Fsp3) is 0.267. The molecule has 1 aromatic carbocycles. The van der Waals surface area contributed by atoms with Crippen LogP contribution in [0, 0.1) is 0 Å². The van der Waals surface area contributed by atoms with E-state index in [1.54, 1.807) is 0 Å². The molecule has 0 bridgehead atoms. The fourth-order valence-corrected chi connectivity index (χ4v) is 1.85. The molecule has 0 radical (unpaired) electrons. The Hall–Kier alpha value is -1.67. The van der Waals surface area contributed by atoms with E-state index < -0.39 is 0 Å². The van der Waals surface area contributed by atoms with Crippen LogP contribution < -0.4 is 5.32 Å². The van der Waals surface area contributed by atoms with Crippen LogP contribution in [0.25, 0.3) is 0 Å². The zero-order valence-electron chi connectivity index (χ0n) is 10.1. The molecule has 2 nitrogen and oxygen atoms in total. The Labute approximate surface area is 103 Å². The number of hydrogen-bond acceptors (Lipinski definition) is 2. The van der Waals surface area contributed by atoms with Crippen LogP contribution >= 0.6 is 0 Å². The summed E-state index contributed by atoms with van der Waals surface area (Å²) < 4.78 is 0. The highest BCUT2D eigenvalue weighted by Crippen LogP contribution is 2.10. The molecule has 0 saturated carbocycles. The minimum atomic E-state index is 0.377. The second-order valence-corrected chi connectivity index (χ2v) is 4.19. The van der Waals surface area contributed by atoms with Gasteiger partial charge in [-0.25, -0.2) is 0 Å². The number of rotatable bonds is 5. The van der Waals surface area contributed by atoms with Gasteiger partial charge in [-0.15, -0.1) is 0 Å². The Bertz CT molecular complexity index is 425. The molecule has 2 rings (SSSR count). The summed E-state index contributed by atoms with van der Waals surface area (Å²) in [5, 5.41) is 3.52. The van der Waals surface area contributed by atoms with Crippen LogP contribution in [-0.4, -0.2) is 11.5 Å². The maximum Gasteiger partial charge on any atom is 0.0293 e. The first-order chi connectivity index (χ1) is 8.36. The highest BCUT2D eigenvalue weighted by Gasteiger charge is 2.03. The molecular weight excluding hydrogens is 208 g/mol. The van der Waals surface area contributed by atoms with E-state index in [0.717, 1.165) is 13.0 Å². The molecule has 1 atom stereocenters. The lowest BCUT2D eigenvalue weighted by Crippen LogP contribution is -2.21. The molecule has 0 fully saturated rings. The van der Waals surface area contributed by atoms with Crippen LogP contribution in [0.5, 0.6) is 0 Å². The summed E-state index contributed by atoms with van der Waals surface area (Å²) in [7, 11) is 0. The summed E-state index contributed by atoms with van der Waals surface area (Å²) in [5.41, 5.74) is 2.66. The SMILES string of the molecule is CC(NCCc1ccccc1)c1ccncc1. The average Bonchev–Trinajstić information content (AvgIpc) is 2.41. The molecule has 17 heavy (non-hydrogen) atoms. The van der Waals surface area contributed by atoms with Crippen molar-refractivity contribution in [1.82, 2.24) is 10.3 Å². The number of pyridine rings is 1. The van der Waals surface area contributed by atoms with Crippen molar-refractivity contribution >= 4 is 0 Å². The summed E-state index contributed by atoms with van der Waals surface area (Å²) in [5.74, 6) is 0. The number of aromatic nitrogens is 1. The van der Waals surface area contributed by atoms with Gasteiger partial charge >= 0.3 is 0 Å². The van der Waals surface area contributed by atoms with Crippen LogP contribution in [0.4, 0.5) is 0 Å². The van der Waals surface area contributed by atoms with Crippen molar-refractivity contribution in [3.8, 4) is 0 Å². The number of hydrogen-bond donors (Lipinski definition) is 1. The minimum absolute atomic E-state index is 0.377. The molecule has 1 unspecified atom stereocenters. The standard InChI is InChI=1S/C15H18N2/c1-13(15-8-10-16-11-9-15)17-12-7-14-5-3-2-4-6-14/h2-6,8-11,13,17H,7,12H2,1H3. The van der Waals surface area contributed by atoms with Gasteiger partial charge in [-0.2, -0.15) is 0 Å². The molecule has 0 amide bonds. The zero-order valence-corrected chi connectivity index (χ0v) is 10.1. The number of nitrogens with one attached hydrogen (secondary N) is 1. The Morgan fingerprint density at radius 1 is 1.06 bits per heavy atom. The van der Waals surface area contributed by atoms with Crippen molar-refractivity contribution in [2.24, 2.45) is 0 Å². The third-order valence-electron chi connectivity index (χ3n) is 2.91. The predicted molar refractivity (Wildman–Crippen MR) is 70.8 cm³/mol. The van der Waals surface area contributed by atoms with Crippen LogP contribution in [0.15, 0.2) is 54.9 Å². The second-order valence-electron chi connectivity index (χ2n) is 4.19. The van der Waals surface area contributed by atoms with E-state index in [1.807, 2.05) is 12.4 Å². The minimum Gasteiger partial charge on any atom is -0.310 e. The Morgan fingerprint density at radius 2 is 1.76 bits per heavy atom. The molecule has 1 heterocycles. The molecule has 0 saturated heterocycles. The normalized spacial score (nSPS) is 12.3. The van der Waals surface area contributed by atoms with E-state index >= 15 is 0 Å². The van der Waals surface area contributed by atoms with Gasteiger partial charge in [0.2, 0.25) is 0 Å². The van der Waals surface area contributed by atoms with E-state index in [2.05, 4.69) is 59.7 Å². The highest BCUT2D eigenvalue weighted by molar-refractivity contribution is 5.16. The summed E-state index contributed by atoms with van der Waals surface area (Å²) in [6, 6.07) is 15.0. The topological polar surface area (TPSA) is 24.9 Å². The molecule has 1 N–H and O–H groups in total. The maximum absolute atomic E-state index is 4.03. The molecule has 0 spiro atoms. The Kier molecular flexibility index (Phi) is 4.28. The smallest absolute Gasteiger partial charge is 0.0293 e. The summed E-state index contributed by atoms with van der Waals surface area (Å²) in [6.45, 7) is 3.17. The Balaban J connectivity index is 1.79. The van der Waals surface area contributed by atoms with Crippen molar-refractivity contribution in [1.29, 1.82) is 0 Å². The van der Waals surface area contributed by atoms with Gasteiger partial charge in [0.15, 0.2) is 0 Å². The predicted octanol–water partition coefficient (Wildman–Crippen LogP) is 2.97. The van der Waals surface area contributed by atoms with Crippen LogP contribution in [0.3, 0.4) is 0 Å². The van der Waals surface area contributed by atoms with Crippen LogP contribution in [0.1, 0.15) is 24.1 Å². The van der Waals surface area contributed by atoms with E-state index in [1.165, 1.54) is 11.1 Å². The number of benzene rings is 1. The summed E-state index contributed by atoms with van der Waals surface area (Å²) in [4.78, 5) is 4.03. The first kappa shape index (κ1) is 11.8. The molecule has 2 heteroatoms. The third-order valence-corrected chi connectivity index (χ3v) is 2.91. The maximum atomic E-state index is 4.03. The molecule has 0 aliphatic carbocycles. The van der Waals surface area contributed by atoms with Crippen LogP contribution in [-0.2, 0) is 6.42 Å². The van der Waals surface area contributed by atoms with Crippen molar-refractivity contribution < 1.29 is 0 Å².